The largest absolute Gasteiger partial charge is 0.308 e. The monoisotopic (exact) mass is 275 g/mol. The van der Waals surface area contributed by atoms with Crippen molar-refractivity contribution in [1.29, 1.82) is 0 Å². The normalized spacial score (nSPS) is 16.7. The minimum Gasteiger partial charge on any atom is -0.308 e. The average molecular weight is 276 g/mol. The highest BCUT2D eigenvalue weighted by molar-refractivity contribution is 6.35. The Hall–Kier alpha value is -1.32. The van der Waals surface area contributed by atoms with Gasteiger partial charge in [-0.05, 0) is 36.5 Å². The number of aromatic nitrogens is 1. The lowest BCUT2D eigenvalue weighted by Crippen LogP contribution is -2.14. The number of halogens is 1. The number of para-hydroxylation sites is 1. The molecule has 0 atom stereocenters. The van der Waals surface area contributed by atoms with Crippen LogP contribution in [0.1, 0.15) is 43.6 Å². The lowest BCUT2D eigenvalue weighted by Gasteiger charge is -2.24. The van der Waals surface area contributed by atoms with Crippen LogP contribution in [-0.2, 0) is 0 Å². The Balaban J connectivity index is 2.12. The summed E-state index contributed by atoms with van der Waals surface area (Å²) in [6, 6.07) is 8.07. The van der Waals surface area contributed by atoms with Gasteiger partial charge in [0.15, 0.2) is 0 Å². The highest BCUT2D eigenvalue weighted by Crippen LogP contribution is 2.37. The fraction of sp³-hybridized carbons (Fsp3) is 0.400. The van der Waals surface area contributed by atoms with Crippen molar-refractivity contribution in [2.24, 2.45) is 5.84 Å². The van der Waals surface area contributed by atoms with Gasteiger partial charge < -0.3 is 5.43 Å². The Kier molecular flexibility index (Phi) is 3.58. The van der Waals surface area contributed by atoms with Gasteiger partial charge in [-0.2, -0.15) is 0 Å². The molecule has 0 saturated heterocycles. The second kappa shape index (κ2) is 5.35. The molecule has 0 unspecified atom stereocenters. The number of nitrogens with zero attached hydrogens (tertiary/aromatic N) is 1. The van der Waals surface area contributed by atoms with E-state index in [4.69, 9.17) is 17.4 Å². The molecule has 3 rings (SSSR count). The minimum atomic E-state index is 0.565. The van der Waals surface area contributed by atoms with Crippen LogP contribution in [0.5, 0.6) is 0 Å². The maximum atomic E-state index is 6.19. The van der Waals surface area contributed by atoms with Crippen LogP contribution in [0.15, 0.2) is 24.3 Å². The van der Waals surface area contributed by atoms with Crippen LogP contribution in [0.25, 0.3) is 10.9 Å². The summed E-state index contributed by atoms with van der Waals surface area (Å²) in [4.78, 5) is 4.60. The molecule has 19 heavy (non-hydrogen) atoms. The van der Waals surface area contributed by atoms with Gasteiger partial charge in [0.05, 0.1) is 10.5 Å². The van der Waals surface area contributed by atoms with E-state index in [9.17, 15) is 0 Å². The molecule has 1 aromatic heterocycles. The Morgan fingerprint density at radius 2 is 2.00 bits per heavy atom. The van der Waals surface area contributed by atoms with Crippen molar-refractivity contribution in [2.45, 2.75) is 38.0 Å². The van der Waals surface area contributed by atoms with Gasteiger partial charge >= 0.3 is 0 Å². The summed E-state index contributed by atoms with van der Waals surface area (Å²) < 4.78 is 0. The topological polar surface area (TPSA) is 50.9 Å². The summed E-state index contributed by atoms with van der Waals surface area (Å²) in [5.74, 6) is 6.98. The smallest absolute Gasteiger partial charge is 0.144 e. The molecule has 1 saturated carbocycles. The number of anilines is 1. The molecule has 0 spiro atoms. The molecular formula is C15H18ClN3. The molecule has 0 aliphatic heterocycles. The summed E-state index contributed by atoms with van der Waals surface area (Å²) in [5.41, 5.74) is 4.79. The molecule has 1 aliphatic carbocycles. The Morgan fingerprint density at radius 3 is 2.74 bits per heavy atom. The number of hydrogen-bond acceptors (Lipinski definition) is 3. The fourth-order valence-electron chi connectivity index (χ4n) is 3.02. The number of nitrogen functional groups attached to an aromatic ring is 1. The second-order valence-electron chi connectivity index (χ2n) is 5.22. The van der Waals surface area contributed by atoms with Crippen molar-refractivity contribution in [3.05, 3.63) is 34.9 Å². The first-order valence-corrected chi connectivity index (χ1v) is 7.23. The van der Waals surface area contributed by atoms with Crippen molar-refractivity contribution >= 4 is 28.3 Å². The zero-order valence-electron chi connectivity index (χ0n) is 10.8. The molecule has 1 fully saturated rings. The first kappa shape index (κ1) is 12.7. The standard InChI is InChI=1S/C15H18ClN3/c16-13-8-4-7-11-9-12(10-5-2-1-3-6-10)15(19-17)18-14(11)13/h4,7-10H,1-3,5-6,17H2,(H,18,19). The molecule has 2 aromatic rings. The minimum absolute atomic E-state index is 0.565. The van der Waals surface area contributed by atoms with Crippen LogP contribution >= 0.6 is 11.6 Å². The van der Waals surface area contributed by atoms with Crippen LogP contribution in [0.2, 0.25) is 5.02 Å². The van der Waals surface area contributed by atoms with Gasteiger partial charge in [-0.3, -0.25) is 0 Å². The number of hydrogen-bond donors (Lipinski definition) is 2. The predicted octanol–water partition coefficient (Wildman–Crippen LogP) is 4.22. The van der Waals surface area contributed by atoms with Gasteiger partial charge in [0, 0.05) is 5.39 Å². The van der Waals surface area contributed by atoms with Crippen LogP contribution in [0.3, 0.4) is 0 Å². The molecule has 0 radical (unpaired) electrons. The van der Waals surface area contributed by atoms with Crippen molar-refractivity contribution < 1.29 is 0 Å². The average Bonchev–Trinajstić information content (AvgIpc) is 2.47. The molecular weight excluding hydrogens is 258 g/mol. The van der Waals surface area contributed by atoms with Gasteiger partial charge in [0.1, 0.15) is 5.82 Å². The van der Waals surface area contributed by atoms with E-state index in [0.29, 0.717) is 10.9 Å². The van der Waals surface area contributed by atoms with Gasteiger partial charge in [0.2, 0.25) is 0 Å². The molecule has 1 aromatic carbocycles. The SMILES string of the molecule is NNc1nc2c(Cl)cccc2cc1C1CCCCC1. The van der Waals surface area contributed by atoms with Crippen molar-refractivity contribution in [2.75, 3.05) is 5.43 Å². The number of fused-ring (bicyclic) bond motifs is 1. The van der Waals surface area contributed by atoms with Gasteiger partial charge in [-0.25, -0.2) is 10.8 Å². The zero-order valence-corrected chi connectivity index (χ0v) is 11.6. The van der Waals surface area contributed by atoms with Crippen molar-refractivity contribution in [1.82, 2.24) is 4.98 Å². The van der Waals surface area contributed by atoms with Crippen molar-refractivity contribution in [3.8, 4) is 0 Å². The molecule has 0 bridgehead atoms. The van der Waals surface area contributed by atoms with Gasteiger partial charge in [0.25, 0.3) is 0 Å². The van der Waals surface area contributed by atoms with Crippen LogP contribution in [0, 0.1) is 0 Å². The number of hydrazine groups is 1. The predicted molar refractivity (Wildman–Crippen MR) is 80.4 cm³/mol. The number of pyridine rings is 1. The fourth-order valence-corrected chi connectivity index (χ4v) is 3.24. The molecule has 4 heteroatoms. The third-order valence-corrected chi connectivity index (χ3v) is 4.31. The Morgan fingerprint density at radius 1 is 1.21 bits per heavy atom. The Labute approximate surface area is 118 Å². The third kappa shape index (κ3) is 2.40. The number of benzene rings is 1. The summed E-state index contributed by atoms with van der Waals surface area (Å²) in [6.45, 7) is 0. The first-order chi connectivity index (χ1) is 9.29. The highest BCUT2D eigenvalue weighted by Gasteiger charge is 2.20. The van der Waals surface area contributed by atoms with E-state index in [1.54, 1.807) is 0 Å². The Bertz CT molecular complexity index is 591. The summed E-state index contributed by atoms with van der Waals surface area (Å²) >= 11 is 6.19. The van der Waals surface area contributed by atoms with Crippen LogP contribution in [0.4, 0.5) is 5.82 Å². The van der Waals surface area contributed by atoms with Gasteiger partial charge in [-0.1, -0.05) is 43.0 Å². The van der Waals surface area contributed by atoms with E-state index >= 15 is 0 Å². The van der Waals surface area contributed by atoms with E-state index in [1.807, 2.05) is 12.1 Å². The van der Waals surface area contributed by atoms with Crippen LogP contribution in [-0.4, -0.2) is 4.98 Å². The van der Waals surface area contributed by atoms with Crippen LogP contribution < -0.4 is 11.3 Å². The highest BCUT2D eigenvalue weighted by atomic mass is 35.5. The van der Waals surface area contributed by atoms with E-state index in [2.05, 4.69) is 22.5 Å². The number of rotatable bonds is 2. The lowest BCUT2D eigenvalue weighted by molar-refractivity contribution is 0.444. The molecule has 1 aliphatic rings. The van der Waals surface area contributed by atoms with E-state index in [0.717, 1.165) is 16.7 Å². The van der Waals surface area contributed by atoms with Gasteiger partial charge in [-0.15, -0.1) is 0 Å². The third-order valence-electron chi connectivity index (χ3n) is 4.01. The number of nitrogens with two attached hydrogens (primary N) is 1. The number of nitrogens with one attached hydrogen (secondary N) is 1. The van der Waals surface area contributed by atoms with Crippen molar-refractivity contribution in [3.63, 3.8) is 0 Å². The second-order valence-corrected chi connectivity index (χ2v) is 5.62. The zero-order chi connectivity index (χ0) is 13.2. The van der Waals surface area contributed by atoms with E-state index in [-0.39, 0.29) is 0 Å². The lowest BCUT2D eigenvalue weighted by atomic mass is 9.84. The molecule has 0 amide bonds. The summed E-state index contributed by atoms with van der Waals surface area (Å²) in [5, 5.41) is 1.76. The summed E-state index contributed by atoms with van der Waals surface area (Å²) in [6.07, 6.45) is 6.38. The maximum Gasteiger partial charge on any atom is 0.144 e. The summed E-state index contributed by atoms with van der Waals surface area (Å²) in [7, 11) is 0. The van der Waals surface area contributed by atoms with E-state index in [1.165, 1.54) is 37.7 Å². The van der Waals surface area contributed by atoms with E-state index < -0.39 is 0 Å². The maximum absolute atomic E-state index is 6.19. The molecule has 1 heterocycles. The first-order valence-electron chi connectivity index (χ1n) is 6.85. The molecule has 3 N–H and O–H groups in total. The quantitative estimate of drug-likeness (QED) is 0.637. The molecule has 3 nitrogen and oxygen atoms in total. The molecule has 100 valence electrons.